The van der Waals surface area contributed by atoms with Crippen molar-refractivity contribution in [1.82, 2.24) is 5.32 Å². The molecule has 0 radical (unpaired) electrons. The van der Waals surface area contributed by atoms with Crippen LogP contribution in [0.5, 0.6) is 0 Å². The SMILES string of the molecule is N=C(N)c1ccc(NC(=O)C(C(=O)NCC2(c3ccccc3)CCCC2)c2ccccc2)cc1. The highest BCUT2D eigenvalue weighted by molar-refractivity contribution is 6.11. The molecule has 6 nitrogen and oxygen atoms in total. The maximum absolute atomic E-state index is 13.4. The van der Waals surface area contributed by atoms with Crippen molar-refractivity contribution < 1.29 is 9.59 Å². The largest absolute Gasteiger partial charge is 0.384 e. The molecule has 1 aliphatic carbocycles. The van der Waals surface area contributed by atoms with E-state index < -0.39 is 11.8 Å². The Bertz CT molecular complexity index is 1140. The van der Waals surface area contributed by atoms with Crippen LogP contribution in [0.3, 0.4) is 0 Å². The molecule has 3 aromatic carbocycles. The number of hydrogen-bond acceptors (Lipinski definition) is 3. The van der Waals surface area contributed by atoms with Gasteiger partial charge in [0.2, 0.25) is 11.8 Å². The lowest BCUT2D eigenvalue weighted by Gasteiger charge is -2.31. The second kappa shape index (κ2) is 10.3. The van der Waals surface area contributed by atoms with Gasteiger partial charge in [-0.05, 0) is 48.2 Å². The van der Waals surface area contributed by atoms with Crippen molar-refractivity contribution in [3.05, 3.63) is 102 Å². The monoisotopic (exact) mass is 454 g/mol. The third-order valence-electron chi connectivity index (χ3n) is 6.67. The molecule has 174 valence electrons. The molecule has 4 rings (SSSR count). The number of hydrogen-bond donors (Lipinski definition) is 4. The highest BCUT2D eigenvalue weighted by atomic mass is 16.2. The summed E-state index contributed by atoms with van der Waals surface area (Å²) in [6.45, 7) is 0.500. The second-order valence-corrected chi connectivity index (χ2v) is 8.90. The summed E-state index contributed by atoms with van der Waals surface area (Å²) in [5.41, 5.74) is 8.39. The first kappa shape index (κ1) is 23.2. The quantitative estimate of drug-likeness (QED) is 0.231. The van der Waals surface area contributed by atoms with Crippen molar-refractivity contribution in [2.75, 3.05) is 11.9 Å². The van der Waals surface area contributed by atoms with Gasteiger partial charge in [0.25, 0.3) is 0 Å². The van der Waals surface area contributed by atoms with E-state index in [9.17, 15) is 9.59 Å². The molecule has 5 N–H and O–H groups in total. The van der Waals surface area contributed by atoms with Gasteiger partial charge in [-0.1, -0.05) is 73.5 Å². The lowest BCUT2D eigenvalue weighted by molar-refractivity contribution is -0.129. The number of carbonyl (C=O) groups is 2. The topological polar surface area (TPSA) is 108 Å². The molecule has 2 amide bonds. The highest BCUT2D eigenvalue weighted by Crippen LogP contribution is 2.40. The first-order valence-corrected chi connectivity index (χ1v) is 11.6. The maximum atomic E-state index is 13.4. The molecule has 0 spiro atoms. The van der Waals surface area contributed by atoms with E-state index in [1.54, 1.807) is 36.4 Å². The number of amidine groups is 1. The molecule has 0 saturated heterocycles. The van der Waals surface area contributed by atoms with Crippen LogP contribution in [0, 0.1) is 5.41 Å². The third-order valence-corrected chi connectivity index (χ3v) is 6.67. The Hall–Kier alpha value is -3.93. The van der Waals surface area contributed by atoms with Gasteiger partial charge < -0.3 is 16.4 Å². The predicted octanol–water partition coefficient (Wildman–Crippen LogP) is 4.32. The number of nitrogens with one attached hydrogen (secondary N) is 3. The van der Waals surface area contributed by atoms with Crippen LogP contribution in [0.25, 0.3) is 0 Å². The molecular formula is C28H30N4O2. The number of carbonyl (C=O) groups excluding carboxylic acids is 2. The average Bonchev–Trinajstić information content (AvgIpc) is 3.35. The lowest BCUT2D eigenvalue weighted by atomic mass is 9.78. The Kier molecular flexibility index (Phi) is 7.07. The molecule has 1 fully saturated rings. The van der Waals surface area contributed by atoms with Crippen LogP contribution >= 0.6 is 0 Å². The van der Waals surface area contributed by atoms with Crippen molar-refractivity contribution in [3.63, 3.8) is 0 Å². The van der Waals surface area contributed by atoms with Crippen molar-refractivity contribution in [1.29, 1.82) is 5.41 Å². The number of rotatable bonds is 8. The zero-order valence-corrected chi connectivity index (χ0v) is 19.1. The number of amides is 2. The van der Waals surface area contributed by atoms with E-state index in [0.29, 0.717) is 23.4 Å². The summed E-state index contributed by atoms with van der Waals surface area (Å²) in [6, 6.07) is 26.1. The van der Waals surface area contributed by atoms with E-state index in [2.05, 4.69) is 22.8 Å². The second-order valence-electron chi connectivity index (χ2n) is 8.90. The fraction of sp³-hybridized carbons (Fsp3) is 0.250. The minimum Gasteiger partial charge on any atom is -0.384 e. The highest BCUT2D eigenvalue weighted by Gasteiger charge is 2.37. The molecule has 6 heteroatoms. The summed E-state index contributed by atoms with van der Waals surface area (Å²) in [5.74, 6) is -1.74. The molecule has 3 aromatic rings. The van der Waals surface area contributed by atoms with Crippen LogP contribution in [0.15, 0.2) is 84.9 Å². The van der Waals surface area contributed by atoms with E-state index in [1.807, 2.05) is 36.4 Å². The van der Waals surface area contributed by atoms with E-state index in [0.717, 1.165) is 25.7 Å². The Morgan fingerprint density at radius 2 is 1.44 bits per heavy atom. The molecule has 34 heavy (non-hydrogen) atoms. The van der Waals surface area contributed by atoms with Gasteiger partial charge in [-0.25, -0.2) is 0 Å². The molecule has 0 aliphatic heterocycles. The summed E-state index contributed by atoms with van der Waals surface area (Å²) in [5, 5.41) is 13.5. The number of anilines is 1. The van der Waals surface area contributed by atoms with Crippen LogP contribution in [0.1, 0.15) is 48.3 Å². The zero-order valence-electron chi connectivity index (χ0n) is 19.1. The lowest BCUT2D eigenvalue weighted by Crippen LogP contribution is -2.43. The van der Waals surface area contributed by atoms with Gasteiger partial charge in [0.05, 0.1) is 0 Å². The molecule has 1 atom stereocenters. The van der Waals surface area contributed by atoms with Crippen LogP contribution in [-0.4, -0.2) is 24.2 Å². The zero-order chi connectivity index (χ0) is 24.0. The van der Waals surface area contributed by atoms with Gasteiger partial charge >= 0.3 is 0 Å². The number of nitrogen functional groups attached to an aromatic ring is 1. The van der Waals surface area contributed by atoms with Gasteiger partial charge in [-0.3, -0.25) is 15.0 Å². The molecule has 1 aliphatic rings. The molecular weight excluding hydrogens is 424 g/mol. The van der Waals surface area contributed by atoms with E-state index in [1.165, 1.54) is 5.56 Å². The van der Waals surface area contributed by atoms with Crippen molar-refractivity contribution in [2.45, 2.75) is 37.0 Å². The van der Waals surface area contributed by atoms with Gasteiger partial charge in [-0.2, -0.15) is 0 Å². The van der Waals surface area contributed by atoms with Crippen molar-refractivity contribution in [2.24, 2.45) is 5.73 Å². The molecule has 0 heterocycles. The fourth-order valence-corrected chi connectivity index (χ4v) is 4.78. The molecule has 1 unspecified atom stereocenters. The maximum Gasteiger partial charge on any atom is 0.241 e. The Labute approximate surface area is 200 Å². The Morgan fingerprint density at radius 1 is 0.853 bits per heavy atom. The molecule has 0 bridgehead atoms. The van der Waals surface area contributed by atoms with Crippen molar-refractivity contribution in [3.8, 4) is 0 Å². The van der Waals surface area contributed by atoms with E-state index in [4.69, 9.17) is 11.1 Å². The summed E-state index contributed by atoms with van der Waals surface area (Å²) < 4.78 is 0. The molecule has 0 aromatic heterocycles. The van der Waals surface area contributed by atoms with Gasteiger partial charge in [0, 0.05) is 23.2 Å². The first-order chi connectivity index (χ1) is 16.5. The van der Waals surface area contributed by atoms with Crippen LogP contribution in [-0.2, 0) is 15.0 Å². The van der Waals surface area contributed by atoms with Crippen LogP contribution < -0.4 is 16.4 Å². The standard InChI is InChI=1S/C28H30N4O2/c29-25(30)21-13-15-23(16-14-21)32-27(34)24(20-9-3-1-4-10-20)26(33)31-19-28(17-7-8-18-28)22-11-5-2-6-12-22/h1-6,9-16,24H,7-8,17-19H2,(H3,29,30)(H,31,33)(H,32,34). The number of benzene rings is 3. The summed E-state index contributed by atoms with van der Waals surface area (Å²) in [6.07, 6.45) is 4.29. The van der Waals surface area contributed by atoms with E-state index in [-0.39, 0.29) is 17.2 Å². The van der Waals surface area contributed by atoms with E-state index >= 15 is 0 Å². The van der Waals surface area contributed by atoms with Gasteiger partial charge in [-0.15, -0.1) is 0 Å². The first-order valence-electron chi connectivity index (χ1n) is 11.6. The summed E-state index contributed by atoms with van der Waals surface area (Å²) >= 11 is 0. The molecule has 1 saturated carbocycles. The van der Waals surface area contributed by atoms with Crippen LogP contribution in [0.4, 0.5) is 5.69 Å². The minimum absolute atomic E-state index is 0.0429. The predicted molar refractivity (Wildman–Crippen MR) is 135 cm³/mol. The average molecular weight is 455 g/mol. The van der Waals surface area contributed by atoms with Crippen molar-refractivity contribution >= 4 is 23.3 Å². The van der Waals surface area contributed by atoms with Gasteiger partial charge in [0.15, 0.2) is 0 Å². The third kappa shape index (κ3) is 5.17. The minimum atomic E-state index is -0.983. The normalized spacial score (nSPS) is 15.3. The summed E-state index contributed by atoms with van der Waals surface area (Å²) in [7, 11) is 0. The Balaban J connectivity index is 1.53. The fourth-order valence-electron chi connectivity index (χ4n) is 4.78. The smallest absolute Gasteiger partial charge is 0.241 e. The van der Waals surface area contributed by atoms with Gasteiger partial charge in [0.1, 0.15) is 11.8 Å². The number of nitrogens with two attached hydrogens (primary N) is 1. The Morgan fingerprint density at radius 3 is 2.03 bits per heavy atom. The van der Waals surface area contributed by atoms with Crippen LogP contribution in [0.2, 0.25) is 0 Å². The summed E-state index contributed by atoms with van der Waals surface area (Å²) in [4.78, 5) is 26.7.